The topological polar surface area (TPSA) is 98.2 Å². The highest BCUT2D eigenvalue weighted by atomic mass is 79.9. The van der Waals surface area contributed by atoms with Gasteiger partial charge in [0.05, 0.1) is 24.9 Å². The van der Waals surface area contributed by atoms with E-state index in [9.17, 15) is 9.59 Å². The van der Waals surface area contributed by atoms with Crippen LogP contribution in [0.1, 0.15) is 35.3 Å². The molecule has 8 nitrogen and oxygen atoms in total. The van der Waals surface area contributed by atoms with Crippen LogP contribution in [-0.2, 0) is 11.4 Å². The molecular weight excluding hydrogens is 574 g/mol. The van der Waals surface area contributed by atoms with E-state index >= 15 is 0 Å². The minimum absolute atomic E-state index is 0.170. The lowest BCUT2D eigenvalue weighted by molar-refractivity contribution is -0.123. The maximum atomic E-state index is 12.8. The third-order valence-corrected chi connectivity index (χ3v) is 6.52. The van der Waals surface area contributed by atoms with E-state index in [-0.39, 0.29) is 18.4 Å². The van der Waals surface area contributed by atoms with Crippen LogP contribution in [0.4, 0.5) is 0 Å². The second-order valence-corrected chi connectivity index (χ2v) is 9.83. The molecule has 200 valence electrons. The molecule has 0 aromatic heterocycles. The monoisotopic (exact) mass is 601 g/mol. The average Bonchev–Trinajstić information content (AvgIpc) is 2.91. The predicted molar refractivity (Wildman–Crippen MR) is 151 cm³/mol. The zero-order chi connectivity index (χ0) is 27.7. The molecule has 3 aromatic carbocycles. The molecule has 0 fully saturated rings. The third kappa shape index (κ3) is 7.72. The SMILES string of the molecule is COc1ccc(C(=O)NC(C(=O)NN=Cc2cc(Br)c(OCc3ccccc3Cl)c(OC)c2)C(C)C)cc1. The summed E-state index contributed by atoms with van der Waals surface area (Å²) in [6.45, 7) is 3.94. The quantitative estimate of drug-likeness (QED) is 0.220. The highest BCUT2D eigenvalue weighted by Crippen LogP contribution is 2.37. The molecule has 38 heavy (non-hydrogen) atoms. The minimum atomic E-state index is -0.788. The molecule has 0 radical (unpaired) electrons. The Morgan fingerprint density at radius 3 is 2.39 bits per heavy atom. The van der Waals surface area contributed by atoms with Gasteiger partial charge in [-0.05, 0) is 69.9 Å². The summed E-state index contributed by atoms with van der Waals surface area (Å²) in [4.78, 5) is 25.5. The molecule has 1 atom stereocenters. The zero-order valence-corrected chi connectivity index (χ0v) is 23.8. The number of methoxy groups -OCH3 is 2. The van der Waals surface area contributed by atoms with E-state index in [1.807, 2.05) is 32.0 Å². The summed E-state index contributed by atoms with van der Waals surface area (Å²) in [7, 11) is 3.08. The van der Waals surface area contributed by atoms with Gasteiger partial charge < -0.3 is 19.5 Å². The highest BCUT2D eigenvalue weighted by molar-refractivity contribution is 9.10. The maximum absolute atomic E-state index is 12.8. The lowest BCUT2D eigenvalue weighted by Gasteiger charge is -2.20. The Labute approximate surface area is 235 Å². The number of ether oxygens (including phenoxy) is 3. The van der Waals surface area contributed by atoms with E-state index in [4.69, 9.17) is 25.8 Å². The Balaban J connectivity index is 1.65. The van der Waals surface area contributed by atoms with Gasteiger partial charge in [0.1, 0.15) is 18.4 Å². The van der Waals surface area contributed by atoms with Crippen LogP contribution in [0.3, 0.4) is 0 Å². The van der Waals surface area contributed by atoms with Crippen molar-refractivity contribution in [1.82, 2.24) is 10.7 Å². The molecule has 2 N–H and O–H groups in total. The highest BCUT2D eigenvalue weighted by Gasteiger charge is 2.24. The predicted octanol–water partition coefficient (Wildman–Crippen LogP) is 5.60. The van der Waals surface area contributed by atoms with E-state index in [0.29, 0.717) is 37.9 Å². The first-order chi connectivity index (χ1) is 18.2. The van der Waals surface area contributed by atoms with Crippen molar-refractivity contribution in [3.05, 3.63) is 86.8 Å². The van der Waals surface area contributed by atoms with Gasteiger partial charge >= 0.3 is 0 Å². The van der Waals surface area contributed by atoms with Crippen molar-refractivity contribution in [2.45, 2.75) is 26.5 Å². The molecule has 10 heteroatoms. The first-order valence-electron chi connectivity index (χ1n) is 11.7. The smallest absolute Gasteiger partial charge is 0.262 e. The fourth-order valence-corrected chi connectivity index (χ4v) is 4.23. The van der Waals surface area contributed by atoms with Gasteiger partial charge in [-0.3, -0.25) is 9.59 Å². The van der Waals surface area contributed by atoms with Gasteiger partial charge in [-0.15, -0.1) is 0 Å². The van der Waals surface area contributed by atoms with Crippen LogP contribution in [0.15, 0.2) is 70.2 Å². The minimum Gasteiger partial charge on any atom is -0.497 e. The fraction of sp³-hybridized carbons (Fsp3) is 0.250. The Morgan fingerprint density at radius 2 is 1.76 bits per heavy atom. The van der Waals surface area contributed by atoms with Gasteiger partial charge in [0.25, 0.3) is 11.8 Å². The lowest BCUT2D eigenvalue weighted by atomic mass is 10.0. The van der Waals surface area contributed by atoms with Crippen LogP contribution in [0.5, 0.6) is 17.2 Å². The summed E-state index contributed by atoms with van der Waals surface area (Å²) in [5.74, 6) is 0.643. The molecule has 0 saturated carbocycles. The van der Waals surface area contributed by atoms with Gasteiger partial charge in [-0.2, -0.15) is 5.10 Å². The van der Waals surface area contributed by atoms with E-state index in [2.05, 4.69) is 31.8 Å². The van der Waals surface area contributed by atoms with Crippen molar-refractivity contribution < 1.29 is 23.8 Å². The van der Waals surface area contributed by atoms with Crippen LogP contribution in [-0.4, -0.2) is 38.3 Å². The van der Waals surface area contributed by atoms with Crippen molar-refractivity contribution in [2.75, 3.05) is 14.2 Å². The van der Waals surface area contributed by atoms with Crippen LogP contribution in [0, 0.1) is 5.92 Å². The van der Waals surface area contributed by atoms with Gasteiger partial charge in [-0.1, -0.05) is 43.6 Å². The first-order valence-corrected chi connectivity index (χ1v) is 12.9. The Morgan fingerprint density at radius 1 is 1.05 bits per heavy atom. The van der Waals surface area contributed by atoms with Crippen molar-refractivity contribution >= 4 is 45.6 Å². The molecule has 0 aliphatic rings. The van der Waals surface area contributed by atoms with Crippen LogP contribution in [0.25, 0.3) is 0 Å². The number of nitrogens with zero attached hydrogens (tertiary/aromatic N) is 1. The van der Waals surface area contributed by atoms with Crippen molar-refractivity contribution in [3.63, 3.8) is 0 Å². The number of amides is 2. The molecule has 3 aromatic rings. The molecule has 2 amide bonds. The van der Waals surface area contributed by atoms with Gasteiger partial charge in [0.2, 0.25) is 0 Å². The molecule has 1 unspecified atom stereocenters. The second-order valence-electron chi connectivity index (χ2n) is 8.57. The van der Waals surface area contributed by atoms with Crippen LogP contribution < -0.4 is 25.0 Å². The fourth-order valence-electron chi connectivity index (χ4n) is 3.46. The van der Waals surface area contributed by atoms with Crippen molar-refractivity contribution in [2.24, 2.45) is 11.0 Å². The lowest BCUT2D eigenvalue weighted by Crippen LogP contribution is -2.48. The van der Waals surface area contributed by atoms with Gasteiger partial charge in [0, 0.05) is 16.1 Å². The number of benzene rings is 3. The maximum Gasteiger partial charge on any atom is 0.262 e. The molecule has 0 saturated heterocycles. The number of nitrogens with one attached hydrogen (secondary N) is 2. The number of halogens is 2. The second kappa shape index (κ2) is 13.8. The molecule has 0 aliphatic heterocycles. The molecule has 0 aliphatic carbocycles. The Kier molecular flexibility index (Phi) is 10.6. The standard InChI is InChI=1S/C28H29BrClN3O5/c1-17(2)25(32-27(34)19-9-11-21(36-3)12-10-19)28(35)33-31-15-18-13-22(29)26(24(14-18)37-4)38-16-20-7-5-6-8-23(20)30/h5-15,17,25H,16H2,1-4H3,(H,32,34)(H,33,35). The molecule has 3 rings (SSSR count). The first kappa shape index (κ1) is 29.0. The summed E-state index contributed by atoms with van der Waals surface area (Å²) in [6, 6.07) is 16.8. The number of carbonyl (C=O) groups is 2. The van der Waals surface area contributed by atoms with Crippen molar-refractivity contribution in [3.8, 4) is 17.2 Å². The zero-order valence-electron chi connectivity index (χ0n) is 21.5. The Bertz CT molecular complexity index is 1300. The number of carbonyl (C=O) groups excluding carboxylic acids is 2. The molecule has 0 bridgehead atoms. The molecular formula is C28H29BrClN3O5. The number of hydrogen-bond donors (Lipinski definition) is 2. The van der Waals surface area contributed by atoms with Gasteiger partial charge in [-0.25, -0.2) is 5.43 Å². The summed E-state index contributed by atoms with van der Waals surface area (Å²) in [6.07, 6.45) is 1.48. The van der Waals surface area contributed by atoms with E-state index in [0.717, 1.165) is 5.56 Å². The summed E-state index contributed by atoms with van der Waals surface area (Å²) < 4.78 is 17.2. The third-order valence-electron chi connectivity index (χ3n) is 5.56. The summed E-state index contributed by atoms with van der Waals surface area (Å²) in [5.41, 5.74) is 4.42. The summed E-state index contributed by atoms with van der Waals surface area (Å²) in [5, 5.41) is 7.45. The van der Waals surface area contributed by atoms with E-state index in [1.54, 1.807) is 49.6 Å². The largest absolute Gasteiger partial charge is 0.497 e. The summed E-state index contributed by atoms with van der Waals surface area (Å²) >= 11 is 9.73. The average molecular weight is 603 g/mol. The number of rotatable bonds is 11. The molecule has 0 spiro atoms. The molecule has 0 heterocycles. The Hall–Kier alpha value is -3.56. The van der Waals surface area contributed by atoms with E-state index < -0.39 is 11.9 Å². The van der Waals surface area contributed by atoms with Crippen molar-refractivity contribution in [1.29, 1.82) is 0 Å². The normalized spacial score (nSPS) is 11.8. The van der Waals surface area contributed by atoms with Crippen LogP contribution in [0.2, 0.25) is 5.02 Å². The number of hydrazone groups is 1. The van der Waals surface area contributed by atoms with Crippen LogP contribution >= 0.6 is 27.5 Å². The van der Waals surface area contributed by atoms with Gasteiger partial charge in [0.15, 0.2) is 11.5 Å². The number of hydrogen-bond acceptors (Lipinski definition) is 6. The van der Waals surface area contributed by atoms with E-state index in [1.165, 1.54) is 13.3 Å².